The number of benzene rings is 1. The molecule has 3 atom stereocenters. The number of rotatable bonds is 2. The van der Waals surface area contributed by atoms with Gasteiger partial charge in [-0.15, -0.1) is 0 Å². The predicted octanol–water partition coefficient (Wildman–Crippen LogP) is 1.84. The van der Waals surface area contributed by atoms with Crippen LogP contribution < -0.4 is 5.32 Å². The molecule has 2 fully saturated rings. The Balaban J connectivity index is 1.92. The van der Waals surface area contributed by atoms with Crippen LogP contribution >= 0.6 is 0 Å². The molecule has 4 heteroatoms. The molecule has 1 N–H and O–H groups in total. The van der Waals surface area contributed by atoms with Crippen LogP contribution in [0.5, 0.6) is 0 Å². The van der Waals surface area contributed by atoms with E-state index in [2.05, 4.69) is 12.2 Å². The van der Waals surface area contributed by atoms with Crippen LogP contribution in [0.2, 0.25) is 0 Å². The molecule has 21 heavy (non-hydrogen) atoms. The molecular weight excluding hydrogens is 264 g/mol. The third-order valence-corrected chi connectivity index (χ3v) is 4.93. The first-order valence-corrected chi connectivity index (χ1v) is 7.69. The molecule has 3 unspecified atom stereocenters. The fourth-order valence-corrected chi connectivity index (χ4v) is 3.59. The van der Waals surface area contributed by atoms with Gasteiger partial charge in [0.25, 0.3) is 0 Å². The van der Waals surface area contributed by atoms with Crippen LogP contribution in [-0.2, 0) is 15.0 Å². The largest absolute Gasteiger partial charge is 0.312 e. The van der Waals surface area contributed by atoms with Gasteiger partial charge in [0.05, 0.1) is 11.5 Å². The minimum Gasteiger partial charge on any atom is -0.312 e. The fourth-order valence-electron chi connectivity index (χ4n) is 3.59. The highest BCUT2D eigenvalue weighted by Gasteiger charge is 2.52. The summed E-state index contributed by atoms with van der Waals surface area (Å²) in [4.78, 5) is 27.0. The Morgan fingerprint density at radius 1 is 1.24 bits per heavy atom. The summed E-state index contributed by atoms with van der Waals surface area (Å²) in [6.45, 7) is 4.91. The number of piperidine rings is 1. The number of carbonyl (C=O) groups is 2. The fraction of sp³-hybridized carbons (Fsp3) is 0.529. The lowest BCUT2D eigenvalue weighted by Crippen LogP contribution is -2.55. The first-order valence-electron chi connectivity index (χ1n) is 7.69. The molecule has 2 heterocycles. The van der Waals surface area contributed by atoms with Gasteiger partial charge >= 0.3 is 0 Å². The molecule has 2 aliphatic heterocycles. The molecule has 2 amide bonds. The van der Waals surface area contributed by atoms with Gasteiger partial charge in [-0.1, -0.05) is 30.3 Å². The Hall–Kier alpha value is -1.68. The second-order valence-corrected chi connectivity index (χ2v) is 6.40. The second kappa shape index (κ2) is 5.26. The Labute approximate surface area is 125 Å². The van der Waals surface area contributed by atoms with Crippen LogP contribution in [0.3, 0.4) is 0 Å². The zero-order valence-corrected chi connectivity index (χ0v) is 12.6. The van der Waals surface area contributed by atoms with Crippen molar-refractivity contribution in [3.63, 3.8) is 0 Å². The maximum Gasteiger partial charge on any atom is 0.240 e. The van der Waals surface area contributed by atoms with Gasteiger partial charge in [0.15, 0.2) is 0 Å². The topological polar surface area (TPSA) is 49.4 Å². The van der Waals surface area contributed by atoms with E-state index in [0.717, 1.165) is 24.9 Å². The van der Waals surface area contributed by atoms with Crippen molar-refractivity contribution in [2.24, 2.45) is 0 Å². The monoisotopic (exact) mass is 286 g/mol. The lowest BCUT2D eigenvalue weighted by atomic mass is 9.81. The summed E-state index contributed by atoms with van der Waals surface area (Å²) in [5, 5.41) is 3.37. The van der Waals surface area contributed by atoms with Crippen molar-refractivity contribution in [1.29, 1.82) is 0 Å². The van der Waals surface area contributed by atoms with E-state index >= 15 is 0 Å². The van der Waals surface area contributed by atoms with E-state index in [1.165, 1.54) is 4.90 Å². The summed E-state index contributed by atoms with van der Waals surface area (Å²) in [6.07, 6.45) is 2.18. The van der Waals surface area contributed by atoms with E-state index in [1.807, 2.05) is 37.3 Å². The van der Waals surface area contributed by atoms with Crippen LogP contribution in [0.15, 0.2) is 30.3 Å². The lowest BCUT2D eigenvalue weighted by Gasteiger charge is -2.36. The molecule has 1 aromatic carbocycles. The number of hydrogen-bond acceptors (Lipinski definition) is 3. The minimum absolute atomic E-state index is 0.00992. The zero-order valence-electron chi connectivity index (χ0n) is 12.6. The van der Waals surface area contributed by atoms with Crippen molar-refractivity contribution in [1.82, 2.24) is 10.2 Å². The molecule has 0 spiro atoms. The molecule has 112 valence electrons. The number of nitrogens with one attached hydrogen (secondary N) is 1. The number of amides is 2. The smallest absolute Gasteiger partial charge is 0.240 e. The first kappa shape index (κ1) is 14.3. The highest BCUT2D eigenvalue weighted by molar-refractivity contribution is 6.09. The molecule has 2 saturated heterocycles. The van der Waals surface area contributed by atoms with Crippen LogP contribution in [0, 0.1) is 0 Å². The summed E-state index contributed by atoms with van der Waals surface area (Å²) in [5.41, 5.74) is 0.220. The third-order valence-electron chi connectivity index (χ3n) is 4.93. The second-order valence-electron chi connectivity index (χ2n) is 6.40. The molecule has 4 nitrogen and oxygen atoms in total. The van der Waals surface area contributed by atoms with E-state index < -0.39 is 5.41 Å². The molecule has 0 aliphatic carbocycles. The quantitative estimate of drug-likeness (QED) is 0.844. The Bertz CT molecular complexity index is 557. The van der Waals surface area contributed by atoms with Crippen LogP contribution in [0.25, 0.3) is 0 Å². The summed E-state index contributed by atoms with van der Waals surface area (Å²) >= 11 is 0. The number of nitrogens with zero attached hydrogens (tertiary/aromatic N) is 1. The first-order chi connectivity index (χ1) is 10.0. The molecule has 1 aromatic rings. The van der Waals surface area contributed by atoms with Gasteiger partial charge in [0.1, 0.15) is 0 Å². The van der Waals surface area contributed by atoms with Crippen molar-refractivity contribution in [2.75, 3.05) is 6.54 Å². The van der Waals surface area contributed by atoms with E-state index in [4.69, 9.17) is 0 Å². The molecule has 0 saturated carbocycles. The van der Waals surface area contributed by atoms with Gasteiger partial charge in [-0.25, -0.2) is 0 Å². The average Bonchev–Trinajstić information content (AvgIpc) is 2.72. The molecular formula is C17H22N2O2. The van der Waals surface area contributed by atoms with E-state index in [0.29, 0.717) is 0 Å². The van der Waals surface area contributed by atoms with Crippen molar-refractivity contribution >= 4 is 11.8 Å². The minimum atomic E-state index is -0.713. The molecule has 2 aliphatic rings. The summed E-state index contributed by atoms with van der Waals surface area (Å²) in [5.74, 6) is -0.0776. The number of imide groups is 1. The zero-order chi connectivity index (χ0) is 15.0. The van der Waals surface area contributed by atoms with Gasteiger partial charge in [-0.3, -0.25) is 14.5 Å². The Kier molecular flexibility index (Phi) is 3.57. The van der Waals surface area contributed by atoms with E-state index in [1.54, 1.807) is 0 Å². The SMILES string of the molecule is CC1NCCCC1N1C(=O)CC(C)(c2ccccc2)C1=O. The van der Waals surface area contributed by atoms with Gasteiger partial charge in [0, 0.05) is 12.5 Å². The Morgan fingerprint density at radius 2 is 1.95 bits per heavy atom. The van der Waals surface area contributed by atoms with Gasteiger partial charge < -0.3 is 5.32 Å². The number of likely N-dealkylation sites (tertiary alicyclic amines) is 1. The van der Waals surface area contributed by atoms with Gasteiger partial charge in [0.2, 0.25) is 11.8 Å². The average molecular weight is 286 g/mol. The lowest BCUT2D eigenvalue weighted by molar-refractivity contribution is -0.143. The van der Waals surface area contributed by atoms with Crippen LogP contribution in [-0.4, -0.2) is 35.3 Å². The molecule has 0 radical (unpaired) electrons. The summed E-state index contributed by atoms with van der Waals surface area (Å²) in [6, 6.07) is 9.82. The maximum atomic E-state index is 13.0. The normalized spacial score (nSPS) is 33.5. The van der Waals surface area contributed by atoms with Crippen molar-refractivity contribution in [3.8, 4) is 0 Å². The molecule has 0 bridgehead atoms. The molecule has 3 rings (SSSR count). The standard InChI is InChI=1S/C17H22N2O2/c1-12-14(9-6-10-18-12)19-15(20)11-17(2,16(19)21)13-7-4-3-5-8-13/h3-5,7-8,12,14,18H,6,9-11H2,1-2H3. The third kappa shape index (κ3) is 2.27. The number of carbonyl (C=O) groups excluding carboxylic acids is 2. The highest BCUT2D eigenvalue weighted by Crippen LogP contribution is 2.38. The predicted molar refractivity (Wildman–Crippen MR) is 80.8 cm³/mol. The van der Waals surface area contributed by atoms with Crippen molar-refractivity contribution in [2.45, 2.75) is 50.6 Å². The number of hydrogen-bond donors (Lipinski definition) is 1. The van der Waals surface area contributed by atoms with E-state index in [9.17, 15) is 9.59 Å². The van der Waals surface area contributed by atoms with Gasteiger partial charge in [-0.2, -0.15) is 0 Å². The highest BCUT2D eigenvalue weighted by atomic mass is 16.2. The van der Waals surface area contributed by atoms with Crippen molar-refractivity contribution in [3.05, 3.63) is 35.9 Å². The molecule has 0 aromatic heterocycles. The maximum absolute atomic E-state index is 13.0. The summed E-state index contributed by atoms with van der Waals surface area (Å²) in [7, 11) is 0. The van der Waals surface area contributed by atoms with E-state index in [-0.39, 0.29) is 30.3 Å². The Morgan fingerprint density at radius 3 is 2.62 bits per heavy atom. The van der Waals surface area contributed by atoms with Crippen LogP contribution in [0.1, 0.15) is 38.7 Å². The van der Waals surface area contributed by atoms with Gasteiger partial charge in [-0.05, 0) is 38.8 Å². The summed E-state index contributed by atoms with van der Waals surface area (Å²) < 4.78 is 0. The van der Waals surface area contributed by atoms with Crippen LogP contribution in [0.4, 0.5) is 0 Å². The van der Waals surface area contributed by atoms with Crippen molar-refractivity contribution < 1.29 is 9.59 Å².